The van der Waals surface area contributed by atoms with Crippen LogP contribution in [0.4, 0.5) is 5.69 Å². The van der Waals surface area contributed by atoms with Crippen molar-refractivity contribution in [1.29, 1.82) is 0 Å². The molecule has 0 saturated heterocycles. The number of ether oxygens (including phenoxy) is 1. The summed E-state index contributed by atoms with van der Waals surface area (Å²) in [6, 6.07) is 6.60. The molecule has 2 N–H and O–H groups in total. The van der Waals surface area contributed by atoms with Crippen LogP contribution in [-0.2, 0) is 17.7 Å². The van der Waals surface area contributed by atoms with E-state index in [2.05, 4.69) is 23.1 Å². The molecular weight excluding hydrogens is 212 g/mol. The average Bonchev–Trinajstić information content (AvgIpc) is 2.38. The number of rotatable bonds is 5. The van der Waals surface area contributed by atoms with Crippen molar-refractivity contribution in [1.82, 2.24) is 0 Å². The molecule has 1 aliphatic rings. The SMILES string of the molecule is CCOCCN1CCCc2cc(CN)ccc21. The lowest BCUT2D eigenvalue weighted by atomic mass is 9.99. The number of benzene rings is 1. The van der Waals surface area contributed by atoms with Gasteiger partial charge >= 0.3 is 0 Å². The van der Waals surface area contributed by atoms with E-state index in [9.17, 15) is 0 Å². The van der Waals surface area contributed by atoms with Gasteiger partial charge in [0.15, 0.2) is 0 Å². The van der Waals surface area contributed by atoms with Gasteiger partial charge in [0.05, 0.1) is 6.61 Å². The van der Waals surface area contributed by atoms with E-state index in [1.807, 2.05) is 6.92 Å². The predicted octanol–water partition coefficient (Wildman–Crippen LogP) is 1.93. The zero-order chi connectivity index (χ0) is 12.1. The maximum absolute atomic E-state index is 5.68. The fourth-order valence-electron chi connectivity index (χ4n) is 2.41. The van der Waals surface area contributed by atoms with Crippen LogP contribution in [0.2, 0.25) is 0 Å². The molecule has 0 aliphatic carbocycles. The molecule has 0 bridgehead atoms. The van der Waals surface area contributed by atoms with Crippen molar-refractivity contribution in [3.8, 4) is 0 Å². The minimum atomic E-state index is 0.631. The van der Waals surface area contributed by atoms with Crippen LogP contribution >= 0.6 is 0 Å². The Morgan fingerprint density at radius 1 is 1.41 bits per heavy atom. The summed E-state index contributed by atoms with van der Waals surface area (Å²) < 4.78 is 5.43. The molecule has 3 nitrogen and oxygen atoms in total. The summed E-state index contributed by atoms with van der Waals surface area (Å²) in [6.45, 7) is 6.41. The van der Waals surface area contributed by atoms with Crippen LogP contribution in [0.1, 0.15) is 24.5 Å². The lowest BCUT2D eigenvalue weighted by molar-refractivity contribution is 0.153. The fraction of sp³-hybridized carbons (Fsp3) is 0.571. The Morgan fingerprint density at radius 2 is 2.29 bits per heavy atom. The number of fused-ring (bicyclic) bond motifs is 1. The minimum Gasteiger partial charge on any atom is -0.380 e. The number of nitrogens with two attached hydrogens (primary N) is 1. The first-order valence-electron chi connectivity index (χ1n) is 6.49. The van der Waals surface area contributed by atoms with E-state index in [0.29, 0.717) is 6.54 Å². The summed E-state index contributed by atoms with van der Waals surface area (Å²) in [5.74, 6) is 0. The van der Waals surface area contributed by atoms with E-state index in [1.54, 1.807) is 0 Å². The molecule has 1 aliphatic heterocycles. The lowest BCUT2D eigenvalue weighted by Crippen LogP contribution is -2.32. The maximum atomic E-state index is 5.68. The first-order valence-corrected chi connectivity index (χ1v) is 6.49. The molecule has 0 saturated carbocycles. The highest BCUT2D eigenvalue weighted by molar-refractivity contribution is 5.56. The standard InChI is InChI=1S/C14H22N2O/c1-2-17-9-8-16-7-3-4-13-10-12(11-15)5-6-14(13)16/h5-6,10H,2-4,7-9,11,15H2,1H3. The van der Waals surface area contributed by atoms with Crippen LogP contribution in [0, 0.1) is 0 Å². The average molecular weight is 234 g/mol. The van der Waals surface area contributed by atoms with Crippen LogP contribution in [-0.4, -0.2) is 26.3 Å². The zero-order valence-electron chi connectivity index (χ0n) is 10.6. The molecule has 1 aromatic carbocycles. The molecule has 0 spiro atoms. The number of anilines is 1. The van der Waals surface area contributed by atoms with Gasteiger partial charge in [-0.3, -0.25) is 0 Å². The molecule has 1 heterocycles. The number of nitrogens with zero attached hydrogens (tertiary/aromatic N) is 1. The zero-order valence-corrected chi connectivity index (χ0v) is 10.6. The van der Waals surface area contributed by atoms with Gasteiger partial charge in [0.1, 0.15) is 0 Å². The van der Waals surface area contributed by atoms with Crippen molar-refractivity contribution < 1.29 is 4.74 Å². The molecule has 0 fully saturated rings. The third-order valence-electron chi connectivity index (χ3n) is 3.30. The summed E-state index contributed by atoms with van der Waals surface area (Å²) in [5, 5.41) is 0. The van der Waals surface area contributed by atoms with Crippen LogP contribution in [0.15, 0.2) is 18.2 Å². The van der Waals surface area contributed by atoms with E-state index >= 15 is 0 Å². The molecule has 2 rings (SSSR count). The second-order valence-corrected chi connectivity index (χ2v) is 4.45. The van der Waals surface area contributed by atoms with Gasteiger partial charge in [-0.1, -0.05) is 12.1 Å². The fourth-order valence-corrected chi connectivity index (χ4v) is 2.41. The van der Waals surface area contributed by atoms with Gasteiger partial charge < -0.3 is 15.4 Å². The van der Waals surface area contributed by atoms with Crippen molar-refractivity contribution >= 4 is 5.69 Å². The first kappa shape index (κ1) is 12.4. The van der Waals surface area contributed by atoms with E-state index in [-0.39, 0.29) is 0 Å². The Bertz CT molecular complexity index is 365. The Labute approximate surface area is 104 Å². The minimum absolute atomic E-state index is 0.631. The molecule has 3 heteroatoms. The van der Waals surface area contributed by atoms with Crippen molar-refractivity contribution in [2.75, 3.05) is 31.2 Å². The number of aryl methyl sites for hydroxylation is 1. The van der Waals surface area contributed by atoms with E-state index in [0.717, 1.165) is 26.3 Å². The van der Waals surface area contributed by atoms with Gasteiger partial charge in [-0.15, -0.1) is 0 Å². The largest absolute Gasteiger partial charge is 0.380 e. The molecule has 0 aromatic heterocycles. The lowest BCUT2D eigenvalue weighted by Gasteiger charge is -2.31. The Kier molecular flexibility index (Phi) is 4.40. The van der Waals surface area contributed by atoms with Gasteiger partial charge in [-0.25, -0.2) is 0 Å². The molecule has 0 radical (unpaired) electrons. The van der Waals surface area contributed by atoms with Gasteiger partial charge in [0.25, 0.3) is 0 Å². The summed E-state index contributed by atoms with van der Waals surface area (Å²) in [4.78, 5) is 2.43. The second-order valence-electron chi connectivity index (χ2n) is 4.45. The maximum Gasteiger partial charge on any atom is 0.0641 e. The van der Waals surface area contributed by atoms with Gasteiger partial charge in [-0.2, -0.15) is 0 Å². The first-order chi connectivity index (χ1) is 8.35. The molecule has 0 atom stereocenters. The normalized spacial score (nSPS) is 14.8. The second kappa shape index (κ2) is 6.03. The topological polar surface area (TPSA) is 38.5 Å². The highest BCUT2D eigenvalue weighted by Gasteiger charge is 2.16. The van der Waals surface area contributed by atoms with Crippen LogP contribution in [0.3, 0.4) is 0 Å². The van der Waals surface area contributed by atoms with E-state index < -0.39 is 0 Å². The summed E-state index contributed by atoms with van der Waals surface area (Å²) in [7, 11) is 0. The molecule has 17 heavy (non-hydrogen) atoms. The van der Waals surface area contributed by atoms with Gasteiger partial charge in [-0.05, 0) is 37.0 Å². The van der Waals surface area contributed by atoms with Crippen LogP contribution in [0.5, 0.6) is 0 Å². The van der Waals surface area contributed by atoms with Crippen molar-refractivity contribution in [3.05, 3.63) is 29.3 Å². The summed E-state index contributed by atoms with van der Waals surface area (Å²) in [5.41, 5.74) is 9.72. The number of hydrogen-bond acceptors (Lipinski definition) is 3. The van der Waals surface area contributed by atoms with Crippen molar-refractivity contribution in [3.63, 3.8) is 0 Å². The third-order valence-corrected chi connectivity index (χ3v) is 3.30. The Hall–Kier alpha value is -1.06. The van der Waals surface area contributed by atoms with Crippen LogP contribution < -0.4 is 10.6 Å². The van der Waals surface area contributed by atoms with Gasteiger partial charge in [0, 0.05) is 31.9 Å². The molecule has 0 unspecified atom stereocenters. The highest BCUT2D eigenvalue weighted by Crippen LogP contribution is 2.27. The molecule has 0 amide bonds. The third kappa shape index (κ3) is 2.99. The molecule has 1 aromatic rings. The molecule has 94 valence electrons. The van der Waals surface area contributed by atoms with Crippen molar-refractivity contribution in [2.24, 2.45) is 5.73 Å². The summed E-state index contributed by atoms with van der Waals surface area (Å²) in [6.07, 6.45) is 2.40. The molecular formula is C14H22N2O. The van der Waals surface area contributed by atoms with Crippen LogP contribution in [0.25, 0.3) is 0 Å². The monoisotopic (exact) mass is 234 g/mol. The van der Waals surface area contributed by atoms with E-state index in [4.69, 9.17) is 10.5 Å². The highest BCUT2D eigenvalue weighted by atomic mass is 16.5. The smallest absolute Gasteiger partial charge is 0.0641 e. The summed E-state index contributed by atoms with van der Waals surface area (Å²) >= 11 is 0. The quantitative estimate of drug-likeness (QED) is 0.791. The predicted molar refractivity (Wildman–Crippen MR) is 71.4 cm³/mol. The number of hydrogen-bond donors (Lipinski definition) is 1. The van der Waals surface area contributed by atoms with Gasteiger partial charge in [0.2, 0.25) is 0 Å². The Balaban J connectivity index is 2.08. The van der Waals surface area contributed by atoms with E-state index in [1.165, 1.54) is 29.7 Å². The Morgan fingerprint density at radius 3 is 3.06 bits per heavy atom. The van der Waals surface area contributed by atoms with Crippen molar-refractivity contribution in [2.45, 2.75) is 26.3 Å².